The Balaban J connectivity index is 2.60. The minimum absolute atomic E-state index is 0.0417. The SMILES string of the molecule is Fc1ccccc1-c1cnc(Cl)nc1Cl. The third-order valence-electron chi connectivity index (χ3n) is 1.88. The number of benzene rings is 1. The zero-order valence-electron chi connectivity index (χ0n) is 7.42. The predicted molar refractivity (Wildman–Crippen MR) is 57.4 cm³/mol. The van der Waals surface area contributed by atoms with Gasteiger partial charge in [-0.05, 0) is 17.7 Å². The molecule has 0 atom stereocenters. The van der Waals surface area contributed by atoms with Gasteiger partial charge in [0, 0.05) is 17.3 Å². The molecule has 2 aromatic rings. The van der Waals surface area contributed by atoms with E-state index < -0.39 is 0 Å². The van der Waals surface area contributed by atoms with E-state index >= 15 is 0 Å². The molecule has 76 valence electrons. The Bertz CT molecular complexity index is 503. The van der Waals surface area contributed by atoms with E-state index in [2.05, 4.69) is 9.97 Å². The molecule has 1 heterocycles. The highest BCUT2D eigenvalue weighted by atomic mass is 35.5. The van der Waals surface area contributed by atoms with Crippen molar-refractivity contribution in [3.63, 3.8) is 0 Å². The van der Waals surface area contributed by atoms with Crippen LogP contribution < -0.4 is 0 Å². The Hall–Kier alpha value is -1.19. The number of rotatable bonds is 1. The second-order valence-corrected chi connectivity index (χ2v) is 3.52. The second-order valence-electron chi connectivity index (χ2n) is 2.82. The second kappa shape index (κ2) is 4.13. The highest BCUT2D eigenvalue weighted by molar-refractivity contribution is 6.33. The van der Waals surface area contributed by atoms with Crippen LogP contribution in [0.15, 0.2) is 30.5 Å². The van der Waals surface area contributed by atoms with Crippen molar-refractivity contribution in [3.8, 4) is 11.1 Å². The van der Waals surface area contributed by atoms with Gasteiger partial charge in [-0.1, -0.05) is 29.8 Å². The van der Waals surface area contributed by atoms with Crippen molar-refractivity contribution in [1.82, 2.24) is 9.97 Å². The molecule has 0 fully saturated rings. The van der Waals surface area contributed by atoms with Crippen LogP contribution in [-0.4, -0.2) is 9.97 Å². The summed E-state index contributed by atoms with van der Waals surface area (Å²) in [7, 11) is 0. The molecule has 0 bridgehead atoms. The summed E-state index contributed by atoms with van der Waals surface area (Å²) in [4.78, 5) is 7.50. The zero-order chi connectivity index (χ0) is 10.8. The van der Waals surface area contributed by atoms with Gasteiger partial charge in [0.2, 0.25) is 5.28 Å². The van der Waals surface area contributed by atoms with E-state index in [1.807, 2.05) is 0 Å². The molecule has 1 aromatic heterocycles. The molecule has 0 N–H and O–H groups in total. The lowest BCUT2D eigenvalue weighted by Crippen LogP contribution is -1.90. The number of aromatic nitrogens is 2. The molecule has 15 heavy (non-hydrogen) atoms. The molecule has 2 rings (SSSR count). The summed E-state index contributed by atoms with van der Waals surface area (Å²) in [5.74, 6) is -0.370. The van der Waals surface area contributed by atoms with Crippen LogP contribution in [0.3, 0.4) is 0 Å². The van der Waals surface area contributed by atoms with Crippen LogP contribution in [0.25, 0.3) is 11.1 Å². The molecule has 1 aromatic carbocycles. The maximum absolute atomic E-state index is 13.4. The van der Waals surface area contributed by atoms with Crippen molar-refractivity contribution in [1.29, 1.82) is 0 Å². The van der Waals surface area contributed by atoms with E-state index in [1.54, 1.807) is 18.2 Å². The van der Waals surface area contributed by atoms with Crippen LogP contribution in [0.2, 0.25) is 10.4 Å². The molecule has 5 heteroatoms. The van der Waals surface area contributed by atoms with Crippen molar-refractivity contribution in [3.05, 3.63) is 46.7 Å². The molecular weight excluding hydrogens is 238 g/mol. The standard InChI is InChI=1S/C10H5Cl2FN2/c11-9-7(5-14-10(12)15-9)6-3-1-2-4-8(6)13/h1-5H. The molecule has 0 unspecified atom stereocenters. The van der Waals surface area contributed by atoms with Gasteiger partial charge >= 0.3 is 0 Å². The van der Waals surface area contributed by atoms with E-state index in [0.717, 1.165) is 0 Å². The normalized spacial score (nSPS) is 10.3. The molecule has 0 amide bonds. The monoisotopic (exact) mass is 242 g/mol. The smallest absolute Gasteiger partial charge is 0.223 e. The van der Waals surface area contributed by atoms with Gasteiger partial charge in [-0.25, -0.2) is 14.4 Å². The molecule has 0 saturated carbocycles. The first kappa shape index (κ1) is 10.3. The average molecular weight is 243 g/mol. The minimum Gasteiger partial charge on any atom is -0.226 e. The quantitative estimate of drug-likeness (QED) is 0.565. The van der Waals surface area contributed by atoms with Crippen molar-refractivity contribution in [2.75, 3.05) is 0 Å². The number of nitrogens with zero attached hydrogens (tertiary/aromatic N) is 2. The first-order valence-electron chi connectivity index (χ1n) is 4.11. The van der Waals surface area contributed by atoms with Crippen LogP contribution in [0, 0.1) is 5.82 Å². The Morgan fingerprint density at radius 1 is 1.07 bits per heavy atom. The fourth-order valence-corrected chi connectivity index (χ4v) is 1.61. The zero-order valence-corrected chi connectivity index (χ0v) is 8.93. The summed E-state index contributed by atoms with van der Waals surface area (Å²) < 4.78 is 13.4. The molecule has 0 aliphatic heterocycles. The summed E-state index contributed by atoms with van der Waals surface area (Å²) in [6.07, 6.45) is 1.40. The molecule has 0 aliphatic carbocycles. The van der Waals surface area contributed by atoms with Gasteiger partial charge in [0.1, 0.15) is 11.0 Å². The molecule has 2 nitrogen and oxygen atoms in total. The highest BCUT2D eigenvalue weighted by Crippen LogP contribution is 2.28. The van der Waals surface area contributed by atoms with Gasteiger partial charge in [-0.3, -0.25) is 0 Å². The number of hydrogen-bond donors (Lipinski definition) is 0. The Labute approximate surface area is 95.7 Å². The third kappa shape index (κ3) is 2.08. The molecule has 0 spiro atoms. The fourth-order valence-electron chi connectivity index (χ4n) is 1.20. The molecule has 0 aliphatic rings. The summed E-state index contributed by atoms with van der Waals surface area (Å²) in [5.41, 5.74) is 0.790. The third-order valence-corrected chi connectivity index (χ3v) is 2.35. The lowest BCUT2D eigenvalue weighted by molar-refractivity contribution is 0.631. The maximum atomic E-state index is 13.4. The first-order valence-corrected chi connectivity index (χ1v) is 4.87. The van der Waals surface area contributed by atoms with Crippen LogP contribution in [-0.2, 0) is 0 Å². The van der Waals surface area contributed by atoms with E-state index in [4.69, 9.17) is 23.2 Å². The van der Waals surface area contributed by atoms with Crippen LogP contribution >= 0.6 is 23.2 Å². The summed E-state index contributed by atoms with van der Waals surface area (Å²) in [6.45, 7) is 0. The topological polar surface area (TPSA) is 25.8 Å². The van der Waals surface area contributed by atoms with E-state index in [1.165, 1.54) is 12.3 Å². The highest BCUT2D eigenvalue weighted by Gasteiger charge is 2.10. The lowest BCUT2D eigenvalue weighted by atomic mass is 10.1. The fraction of sp³-hybridized carbons (Fsp3) is 0. The largest absolute Gasteiger partial charge is 0.226 e. The van der Waals surface area contributed by atoms with Gasteiger partial charge < -0.3 is 0 Å². The van der Waals surface area contributed by atoms with E-state index in [0.29, 0.717) is 11.1 Å². The van der Waals surface area contributed by atoms with E-state index in [9.17, 15) is 4.39 Å². The first-order chi connectivity index (χ1) is 7.18. The van der Waals surface area contributed by atoms with Crippen molar-refractivity contribution >= 4 is 23.2 Å². The predicted octanol–water partition coefficient (Wildman–Crippen LogP) is 3.59. The summed E-state index contributed by atoms with van der Waals surface area (Å²) in [6, 6.07) is 6.26. The Kier molecular flexibility index (Phi) is 2.84. The Morgan fingerprint density at radius 3 is 2.47 bits per heavy atom. The van der Waals surface area contributed by atoms with E-state index in [-0.39, 0.29) is 16.3 Å². The van der Waals surface area contributed by atoms with Gasteiger partial charge in [0.15, 0.2) is 0 Å². The van der Waals surface area contributed by atoms with Crippen molar-refractivity contribution in [2.24, 2.45) is 0 Å². The average Bonchev–Trinajstić information content (AvgIpc) is 2.20. The Morgan fingerprint density at radius 2 is 1.80 bits per heavy atom. The lowest BCUT2D eigenvalue weighted by Gasteiger charge is -2.04. The number of hydrogen-bond acceptors (Lipinski definition) is 2. The van der Waals surface area contributed by atoms with Crippen LogP contribution in [0.5, 0.6) is 0 Å². The van der Waals surface area contributed by atoms with Gasteiger partial charge in [0.25, 0.3) is 0 Å². The van der Waals surface area contributed by atoms with Gasteiger partial charge in [0.05, 0.1) is 0 Å². The van der Waals surface area contributed by atoms with Gasteiger partial charge in [-0.2, -0.15) is 0 Å². The van der Waals surface area contributed by atoms with Crippen LogP contribution in [0.1, 0.15) is 0 Å². The van der Waals surface area contributed by atoms with Crippen molar-refractivity contribution < 1.29 is 4.39 Å². The number of halogens is 3. The molecular formula is C10H5Cl2FN2. The van der Waals surface area contributed by atoms with Gasteiger partial charge in [-0.15, -0.1) is 0 Å². The maximum Gasteiger partial charge on any atom is 0.223 e. The minimum atomic E-state index is -0.370. The summed E-state index contributed by atoms with van der Waals surface area (Å²) in [5, 5.41) is 0.181. The molecule has 0 saturated heterocycles. The molecule has 0 radical (unpaired) electrons. The summed E-state index contributed by atoms with van der Waals surface area (Å²) >= 11 is 11.4. The van der Waals surface area contributed by atoms with Crippen molar-refractivity contribution in [2.45, 2.75) is 0 Å². The van der Waals surface area contributed by atoms with Crippen LogP contribution in [0.4, 0.5) is 4.39 Å².